The number of aryl methyl sites for hydroxylation is 3. The molecule has 2 aromatic rings. The fourth-order valence-corrected chi connectivity index (χ4v) is 4.78. The molecule has 0 saturated carbocycles. The fraction of sp³-hybridized carbons (Fsp3) is 0.520. The molecular formula is C25H30F3N3O. The van der Waals surface area contributed by atoms with Crippen molar-refractivity contribution in [3.8, 4) is 6.07 Å². The monoisotopic (exact) mass is 445 g/mol. The van der Waals surface area contributed by atoms with Crippen molar-refractivity contribution in [2.45, 2.75) is 58.9 Å². The number of hydrogen-bond acceptors (Lipinski definition) is 4. The first-order valence-corrected chi connectivity index (χ1v) is 11.0. The van der Waals surface area contributed by atoms with E-state index in [0.29, 0.717) is 44.5 Å². The zero-order valence-electron chi connectivity index (χ0n) is 18.9. The van der Waals surface area contributed by atoms with Crippen molar-refractivity contribution in [3.05, 3.63) is 64.5 Å². The summed E-state index contributed by atoms with van der Waals surface area (Å²) in [6.07, 6.45) is -3.19. The molecule has 172 valence electrons. The number of rotatable bonds is 8. The average Bonchev–Trinajstić information content (AvgIpc) is 3.16. The number of benzene rings is 1. The van der Waals surface area contributed by atoms with Gasteiger partial charge in [-0.1, -0.05) is 12.1 Å². The Morgan fingerprint density at radius 3 is 2.53 bits per heavy atom. The van der Waals surface area contributed by atoms with E-state index in [2.05, 4.69) is 16.0 Å². The third kappa shape index (κ3) is 5.48. The molecule has 2 atom stereocenters. The zero-order chi connectivity index (χ0) is 23.4. The molecule has 1 unspecified atom stereocenters. The lowest BCUT2D eigenvalue weighted by Crippen LogP contribution is -2.49. The van der Waals surface area contributed by atoms with Gasteiger partial charge in [-0.2, -0.15) is 18.4 Å². The molecule has 3 rings (SSSR count). The van der Waals surface area contributed by atoms with Gasteiger partial charge in [-0.15, -0.1) is 0 Å². The van der Waals surface area contributed by atoms with Gasteiger partial charge < -0.3 is 4.74 Å². The van der Waals surface area contributed by atoms with Crippen molar-refractivity contribution in [2.75, 3.05) is 19.7 Å². The Kier molecular flexibility index (Phi) is 7.58. The summed E-state index contributed by atoms with van der Waals surface area (Å²) in [6.45, 7) is 7.07. The lowest BCUT2D eigenvalue weighted by Gasteiger charge is -2.38. The molecule has 1 aromatic carbocycles. The van der Waals surface area contributed by atoms with Gasteiger partial charge in [-0.05, 0) is 81.5 Å². The fourth-order valence-electron chi connectivity index (χ4n) is 4.78. The second kappa shape index (κ2) is 10.0. The normalized spacial score (nSPS) is 20.3. The van der Waals surface area contributed by atoms with Gasteiger partial charge in [0.15, 0.2) is 6.10 Å². The molecule has 4 nitrogen and oxygen atoms in total. The molecule has 0 aliphatic carbocycles. The topological polar surface area (TPSA) is 49.1 Å². The summed E-state index contributed by atoms with van der Waals surface area (Å²) in [7, 11) is 0. The van der Waals surface area contributed by atoms with Gasteiger partial charge in [-0.25, -0.2) is 0 Å². The molecule has 0 bridgehead atoms. The molecule has 2 heterocycles. The maximum absolute atomic E-state index is 14.1. The van der Waals surface area contributed by atoms with Gasteiger partial charge in [0.05, 0.1) is 11.6 Å². The molecule has 0 spiro atoms. The molecule has 0 amide bonds. The van der Waals surface area contributed by atoms with Crippen LogP contribution in [0.4, 0.5) is 13.2 Å². The van der Waals surface area contributed by atoms with Gasteiger partial charge in [0.2, 0.25) is 0 Å². The smallest absolute Gasteiger partial charge is 0.368 e. The highest BCUT2D eigenvalue weighted by molar-refractivity contribution is 5.32. The van der Waals surface area contributed by atoms with Crippen LogP contribution in [0.1, 0.15) is 47.7 Å². The highest BCUT2D eigenvalue weighted by atomic mass is 19.4. The number of pyridine rings is 1. The third-order valence-corrected chi connectivity index (χ3v) is 6.53. The van der Waals surface area contributed by atoms with Crippen molar-refractivity contribution < 1.29 is 17.9 Å². The van der Waals surface area contributed by atoms with Crippen LogP contribution in [-0.4, -0.2) is 41.9 Å². The van der Waals surface area contributed by atoms with E-state index in [9.17, 15) is 13.2 Å². The largest absolute Gasteiger partial charge is 0.415 e. The van der Waals surface area contributed by atoms with E-state index in [1.807, 2.05) is 32.0 Å². The minimum Gasteiger partial charge on any atom is -0.368 e. The number of hydrogen-bond donors (Lipinski definition) is 0. The Morgan fingerprint density at radius 2 is 1.94 bits per heavy atom. The predicted molar refractivity (Wildman–Crippen MR) is 117 cm³/mol. The van der Waals surface area contributed by atoms with Crippen LogP contribution in [0.15, 0.2) is 36.5 Å². The summed E-state index contributed by atoms with van der Waals surface area (Å²) in [5.41, 5.74) is 3.54. The summed E-state index contributed by atoms with van der Waals surface area (Å²) in [5, 5.41) is 8.98. The van der Waals surface area contributed by atoms with Crippen LogP contribution < -0.4 is 0 Å². The summed E-state index contributed by atoms with van der Waals surface area (Å²) in [6, 6.07) is 11.1. The lowest BCUT2D eigenvalue weighted by molar-refractivity contribution is -0.254. The minimum absolute atomic E-state index is 0.0175. The van der Waals surface area contributed by atoms with Crippen LogP contribution >= 0.6 is 0 Å². The molecule has 0 radical (unpaired) electrons. The first-order chi connectivity index (χ1) is 15.2. The quantitative estimate of drug-likeness (QED) is 0.549. The molecule has 7 heteroatoms. The van der Waals surface area contributed by atoms with Gasteiger partial charge in [-0.3, -0.25) is 9.88 Å². The summed E-state index contributed by atoms with van der Waals surface area (Å²) in [4.78, 5) is 6.46. The Balaban J connectivity index is 1.84. The van der Waals surface area contributed by atoms with Crippen molar-refractivity contribution >= 4 is 0 Å². The molecule has 1 saturated heterocycles. The minimum atomic E-state index is -4.43. The molecule has 32 heavy (non-hydrogen) atoms. The van der Waals surface area contributed by atoms with Crippen LogP contribution in [-0.2, 0) is 17.7 Å². The lowest BCUT2D eigenvalue weighted by atomic mass is 9.75. The number of nitrogens with zero attached hydrogens (tertiary/aromatic N) is 3. The molecule has 0 N–H and O–H groups in total. The number of likely N-dealkylation sites (tertiary alicyclic amines) is 1. The first-order valence-electron chi connectivity index (χ1n) is 11.0. The molecule has 1 aliphatic heterocycles. The van der Waals surface area contributed by atoms with E-state index in [-0.39, 0.29) is 6.61 Å². The standard InChI is InChI=1S/C25H30F3N3O/c1-4-32-23(25(26,27)28)24(11-9-20-5-7-21(15-29)8-6-20)12-14-31(17-24)16-22-18(2)10-13-30-19(22)3/h5-8,10,13,23H,4,9,11-12,14,16-17H2,1-3H3/t23?,24-/m1/s1. The summed E-state index contributed by atoms with van der Waals surface area (Å²) >= 11 is 0. The van der Waals surface area contributed by atoms with Crippen LogP contribution in [0.2, 0.25) is 0 Å². The highest BCUT2D eigenvalue weighted by Crippen LogP contribution is 2.46. The second-order valence-corrected chi connectivity index (χ2v) is 8.70. The number of ether oxygens (including phenoxy) is 1. The Bertz CT molecular complexity index is 932. The van der Waals surface area contributed by atoms with Crippen molar-refractivity contribution in [3.63, 3.8) is 0 Å². The molecule has 1 aliphatic rings. The van der Waals surface area contributed by atoms with E-state index >= 15 is 0 Å². The van der Waals surface area contributed by atoms with E-state index in [1.54, 1.807) is 25.3 Å². The van der Waals surface area contributed by atoms with Crippen molar-refractivity contribution in [2.24, 2.45) is 5.41 Å². The van der Waals surface area contributed by atoms with Crippen LogP contribution in [0.3, 0.4) is 0 Å². The van der Waals surface area contributed by atoms with Crippen LogP contribution in [0, 0.1) is 30.6 Å². The van der Waals surface area contributed by atoms with Crippen molar-refractivity contribution in [1.82, 2.24) is 9.88 Å². The molecule has 1 fully saturated rings. The number of halogens is 3. The Morgan fingerprint density at radius 1 is 1.22 bits per heavy atom. The van der Waals surface area contributed by atoms with Gasteiger partial charge in [0, 0.05) is 37.0 Å². The number of nitriles is 1. The maximum Gasteiger partial charge on any atom is 0.415 e. The van der Waals surface area contributed by atoms with Crippen LogP contribution in [0.5, 0.6) is 0 Å². The average molecular weight is 446 g/mol. The van der Waals surface area contributed by atoms with E-state index in [0.717, 1.165) is 22.4 Å². The predicted octanol–water partition coefficient (Wildman–Crippen LogP) is 5.36. The number of alkyl halides is 3. The number of aromatic nitrogens is 1. The zero-order valence-corrected chi connectivity index (χ0v) is 18.9. The highest BCUT2D eigenvalue weighted by Gasteiger charge is 2.56. The van der Waals surface area contributed by atoms with E-state index in [4.69, 9.17) is 10.00 Å². The Labute approximate surface area is 188 Å². The Hall–Kier alpha value is -2.43. The van der Waals surface area contributed by atoms with E-state index < -0.39 is 17.7 Å². The molecule has 1 aromatic heterocycles. The second-order valence-electron chi connectivity index (χ2n) is 8.70. The van der Waals surface area contributed by atoms with Gasteiger partial charge in [0.1, 0.15) is 0 Å². The van der Waals surface area contributed by atoms with Crippen LogP contribution in [0.25, 0.3) is 0 Å². The summed E-state index contributed by atoms with van der Waals surface area (Å²) < 4.78 is 47.7. The molecular weight excluding hydrogens is 415 g/mol. The summed E-state index contributed by atoms with van der Waals surface area (Å²) in [5.74, 6) is 0. The SMILES string of the molecule is CCOC(C(F)(F)F)[C@]1(CCc2ccc(C#N)cc2)CCN(Cc2c(C)ccnc2C)C1. The van der Waals surface area contributed by atoms with E-state index in [1.165, 1.54) is 0 Å². The van der Waals surface area contributed by atoms with Gasteiger partial charge >= 0.3 is 6.18 Å². The maximum atomic E-state index is 14.1. The van der Waals surface area contributed by atoms with Crippen molar-refractivity contribution in [1.29, 1.82) is 5.26 Å². The van der Waals surface area contributed by atoms with Gasteiger partial charge in [0.25, 0.3) is 0 Å². The third-order valence-electron chi connectivity index (χ3n) is 6.53. The first kappa shape index (κ1) is 24.2.